The Morgan fingerprint density at radius 1 is 1.59 bits per heavy atom. The molecule has 1 fully saturated rings. The number of carbonyl (C=O) groups is 1. The summed E-state index contributed by atoms with van der Waals surface area (Å²) in [6.45, 7) is 3.65. The first-order chi connectivity index (χ1) is 8.09. The Bertz CT molecular complexity index is 439. The summed E-state index contributed by atoms with van der Waals surface area (Å²) in [6.07, 6.45) is 1.44. The predicted octanol–water partition coefficient (Wildman–Crippen LogP) is 2.25. The van der Waals surface area contributed by atoms with Gasteiger partial charge < -0.3 is 9.64 Å². The van der Waals surface area contributed by atoms with Crippen LogP contribution < -0.4 is 0 Å². The Morgan fingerprint density at radius 3 is 3.00 bits per heavy atom. The van der Waals surface area contributed by atoms with Gasteiger partial charge in [-0.1, -0.05) is 23.2 Å². The Kier molecular flexibility index (Phi) is 3.86. The van der Waals surface area contributed by atoms with E-state index in [0.717, 1.165) is 0 Å². The maximum absolute atomic E-state index is 12.2. The van der Waals surface area contributed by atoms with E-state index in [1.165, 1.54) is 6.20 Å². The van der Waals surface area contributed by atoms with E-state index in [1.807, 2.05) is 6.92 Å². The van der Waals surface area contributed by atoms with E-state index in [-0.39, 0.29) is 17.1 Å². The van der Waals surface area contributed by atoms with Gasteiger partial charge in [0.25, 0.3) is 5.91 Å². The van der Waals surface area contributed by atoms with Crippen molar-refractivity contribution in [3.8, 4) is 0 Å². The highest BCUT2D eigenvalue weighted by molar-refractivity contribution is 6.41. The number of aromatic nitrogens is 1. The first-order valence-corrected chi connectivity index (χ1v) is 6.05. The maximum Gasteiger partial charge on any atom is 0.255 e. The average Bonchev–Trinajstić information content (AvgIpc) is 2.32. The van der Waals surface area contributed by atoms with Crippen LogP contribution in [0.25, 0.3) is 0 Å². The first-order valence-electron chi connectivity index (χ1n) is 5.29. The molecule has 0 N–H and O–H groups in total. The van der Waals surface area contributed by atoms with Gasteiger partial charge in [0.1, 0.15) is 5.15 Å². The molecule has 1 saturated heterocycles. The standard InChI is InChI=1S/C11H12Cl2N2O2/c1-7-6-17-3-2-15(7)11(16)8-4-9(12)10(13)14-5-8/h4-5,7H,2-3,6H2,1H3/t7-/m1/s1. The van der Waals surface area contributed by atoms with Crippen molar-refractivity contribution in [3.63, 3.8) is 0 Å². The first kappa shape index (κ1) is 12.6. The molecule has 0 spiro atoms. The summed E-state index contributed by atoms with van der Waals surface area (Å²) in [5.41, 5.74) is 0.452. The largest absolute Gasteiger partial charge is 0.377 e. The second-order valence-corrected chi connectivity index (χ2v) is 4.68. The lowest BCUT2D eigenvalue weighted by molar-refractivity contribution is 0.00357. The van der Waals surface area contributed by atoms with Gasteiger partial charge >= 0.3 is 0 Å². The van der Waals surface area contributed by atoms with Crippen LogP contribution in [-0.2, 0) is 4.74 Å². The molecular formula is C11H12Cl2N2O2. The summed E-state index contributed by atoms with van der Waals surface area (Å²) in [4.78, 5) is 17.8. The molecule has 92 valence electrons. The van der Waals surface area contributed by atoms with Gasteiger partial charge in [-0.05, 0) is 13.0 Å². The van der Waals surface area contributed by atoms with Crippen LogP contribution >= 0.6 is 23.2 Å². The van der Waals surface area contributed by atoms with Crippen molar-refractivity contribution >= 4 is 29.1 Å². The Morgan fingerprint density at radius 2 is 2.35 bits per heavy atom. The van der Waals surface area contributed by atoms with Crippen LogP contribution in [-0.4, -0.2) is 41.6 Å². The molecule has 0 saturated carbocycles. The molecule has 4 nitrogen and oxygen atoms in total. The lowest BCUT2D eigenvalue weighted by Crippen LogP contribution is -2.47. The molecule has 1 aliphatic heterocycles. The van der Waals surface area contributed by atoms with E-state index in [4.69, 9.17) is 27.9 Å². The van der Waals surface area contributed by atoms with Crippen LogP contribution in [0.3, 0.4) is 0 Å². The molecule has 0 aliphatic carbocycles. The van der Waals surface area contributed by atoms with E-state index in [0.29, 0.717) is 30.3 Å². The third-order valence-electron chi connectivity index (χ3n) is 2.67. The lowest BCUT2D eigenvalue weighted by atomic mass is 10.2. The topological polar surface area (TPSA) is 42.4 Å². The molecular weight excluding hydrogens is 263 g/mol. The molecule has 0 unspecified atom stereocenters. The number of ether oxygens (including phenoxy) is 1. The normalized spacial score (nSPS) is 20.4. The molecule has 0 aromatic carbocycles. The maximum atomic E-state index is 12.2. The number of amides is 1. The minimum absolute atomic E-state index is 0.0608. The van der Waals surface area contributed by atoms with Crippen LogP contribution in [0.15, 0.2) is 12.3 Å². The Labute approximate surface area is 109 Å². The SMILES string of the molecule is C[C@@H]1COCCN1C(=O)c1cnc(Cl)c(Cl)c1. The fourth-order valence-electron chi connectivity index (χ4n) is 1.73. The highest BCUT2D eigenvalue weighted by atomic mass is 35.5. The minimum atomic E-state index is -0.0909. The zero-order valence-corrected chi connectivity index (χ0v) is 10.8. The number of hydrogen-bond donors (Lipinski definition) is 0. The quantitative estimate of drug-likeness (QED) is 0.738. The summed E-state index contributed by atoms with van der Waals surface area (Å²) >= 11 is 11.6. The molecule has 1 aromatic rings. The number of hydrogen-bond acceptors (Lipinski definition) is 3. The molecule has 1 atom stereocenters. The van der Waals surface area contributed by atoms with Crippen molar-refractivity contribution in [2.75, 3.05) is 19.8 Å². The van der Waals surface area contributed by atoms with Crippen LogP contribution in [0, 0.1) is 0 Å². The van der Waals surface area contributed by atoms with Crippen molar-refractivity contribution in [2.24, 2.45) is 0 Å². The monoisotopic (exact) mass is 274 g/mol. The predicted molar refractivity (Wildman–Crippen MR) is 65.6 cm³/mol. The van der Waals surface area contributed by atoms with E-state index in [9.17, 15) is 4.79 Å². The number of pyridine rings is 1. The Balaban J connectivity index is 2.21. The van der Waals surface area contributed by atoms with E-state index in [1.54, 1.807) is 11.0 Å². The highest BCUT2D eigenvalue weighted by Crippen LogP contribution is 2.21. The lowest BCUT2D eigenvalue weighted by Gasteiger charge is -2.33. The zero-order chi connectivity index (χ0) is 12.4. The summed E-state index contributed by atoms with van der Waals surface area (Å²) < 4.78 is 5.28. The van der Waals surface area contributed by atoms with Crippen molar-refractivity contribution < 1.29 is 9.53 Å². The summed E-state index contributed by atoms with van der Waals surface area (Å²) in [6, 6.07) is 1.60. The average molecular weight is 275 g/mol. The van der Waals surface area contributed by atoms with Gasteiger partial charge in [0.15, 0.2) is 0 Å². The van der Waals surface area contributed by atoms with Crippen molar-refractivity contribution in [1.82, 2.24) is 9.88 Å². The van der Waals surface area contributed by atoms with Gasteiger partial charge in [-0.3, -0.25) is 4.79 Å². The third-order valence-corrected chi connectivity index (χ3v) is 3.36. The minimum Gasteiger partial charge on any atom is -0.377 e. The molecule has 2 heterocycles. The van der Waals surface area contributed by atoms with E-state index < -0.39 is 0 Å². The van der Waals surface area contributed by atoms with Gasteiger partial charge in [0, 0.05) is 12.7 Å². The summed E-state index contributed by atoms with van der Waals surface area (Å²) in [7, 11) is 0. The number of carbonyl (C=O) groups excluding carboxylic acids is 1. The number of nitrogens with zero attached hydrogens (tertiary/aromatic N) is 2. The number of rotatable bonds is 1. The molecule has 1 amide bonds. The zero-order valence-electron chi connectivity index (χ0n) is 9.32. The second kappa shape index (κ2) is 5.21. The molecule has 2 rings (SSSR count). The van der Waals surface area contributed by atoms with Crippen LogP contribution in [0.1, 0.15) is 17.3 Å². The Hall–Kier alpha value is -0.840. The fraction of sp³-hybridized carbons (Fsp3) is 0.455. The number of halogens is 2. The molecule has 0 radical (unpaired) electrons. The van der Waals surface area contributed by atoms with Crippen molar-refractivity contribution in [3.05, 3.63) is 28.0 Å². The second-order valence-electron chi connectivity index (χ2n) is 3.92. The highest BCUT2D eigenvalue weighted by Gasteiger charge is 2.25. The van der Waals surface area contributed by atoms with Crippen LogP contribution in [0.4, 0.5) is 0 Å². The van der Waals surface area contributed by atoms with Gasteiger partial charge in [-0.15, -0.1) is 0 Å². The van der Waals surface area contributed by atoms with E-state index >= 15 is 0 Å². The van der Waals surface area contributed by atoms with Crippen molar-refractivity contribution in [1.29, 1.82) is 0 Å². The summed E-state index contributed by atoms with van der Waals surface area (Å²) in [5.74, 6) is -0.0909. The van der Waals surface area contributed by atoms with Gasteiger partial charge in [0.05, 0.1) is 29.8 Å². The van der Waals surface area contributed by atoms with Crippen LogP contribution in [0.5, 0.6) is 0 Å². The van der Waals surface area contributed by atoms with Gasteiger partial charge in [-0.25, -0.2) is 4.98 Å². The van der Waals surface area contributed by atoms with Gasteiger partial charge in [0.2, 0.25) is 0 Å². The molecule has 1 aromatic heterocycles. The van der Waals surface area contributed by atoms with Gasteiger partial charge in [-0.2, -0.15) is 0 Å². The molecule has 0 bridgehead atoms. The van der Waals surface area contributed by atoms with E-state index in [2.05, 4.69) is 4.98 Å². The smallest absolute Gasteiger partial charge is 0.255 e. The fourth-order valence-corrected chi connectivity index (χ4v) is 2.00. The molecule has 17 heavy (non-hydrogen) atoms. The number of morpholine rings is 1. The molecule has 6 heteroatoms. The van der Waals surface area contributed by atoms with Crippen molar-refractivity contribution in [2.45, 2.75) is 13.0 Å². The third kappa shape index (κ3) is 2.70. The van der Waals surface area contributed by atoms with Crippen LogP contribution in [0.2, 0.25) is 10.2 Å². The summed E-state index contributed by atoms with van der Waals surface area (Å²) in [5, 5.41) is 0.497. The molecule has 1 aliphatic rings.